The third kappa shape index (κ3) is 4.22. The predicted octanol–water partition coefficient (Wildman–Crippen LogP) is 2.81. The number of benzene rings is 2. The van der Waals surface area contributed by atoms with Crippen molar-refractivity contribution in [1.82, 2.24) is 9.21 Å². The van der Waals surface area contributed by atoms with Gasteiger partial charge in [0, 0.05) is 37.3 Å². The first-order valence-electron chi connectivity index (χ1n) is 10.00. The van der Waals surface area contributed by atoms with Crippen LogP contribution in [0.2, 0.25) is 0 Å². The van der Waals surface area contributed by atoms with E-state index in [9.17, 15) is 13.2 Å². The number of carbonyl (C=O) groups excluding carboxylic acids is 1. The lowest BCUT2D eigenvalue weighted by Crippen LogP contribution is -2.48. The van der Waals surface area contributed by atoms with Crippen molar-refractivity contribution < 1.29 is 17.9 Å². The second-order valence-corrected chi connectivity index (χ2v) is 9.60. The molecule has 2 aliphatic rings. The molecule has 6 nitrogen and oxygen atoms in total. The Labute approximate surface area is 172 Å². The van der Waals surface area contributed by atoms with Gasteiger partial charge in [0.15, 0.2) is 5.78 Å². The maximum atomic E-state index is 12.9. The van der Waals surface area contributed by atoms with Gasteiger partial charge in [-0.05, 0) is 56.2 Å². The third-order valence-electron chi connectivity index (χ3n) is 5.77. The van der Waals surface area contributed by atoms with Gasteiger partial charge in [0.2, 0.25) is 10.0 Å². The van der Waals surface area contributed by atoms with Crippen LogP contribution in [0.3, 0.4) is 0 Å². The second-order valence-electron chi connectivity index (χ2n) is 7.71. The van der Waals surface area contributed by atoms with Gasteiger partial charge >= 0.3 is 0 Å². The summed E-state index contributed by atoms with van der Waals surface area (Å²) >= 11 is 0. The largest absolute Gasteiger partial charge is 0.494 e. The van der Waals surface area contributed by atoms with E-state index in [2.05, 4.69) is 4.90 Å². The normalized spacial score (nSPS) is 22.1. The lowest BCUT2D eigenvalue weighted by molar-refractivity contribution is 0.101. The molecule has 0 unspecified atom stereocenters. The monoisotopic (exact) mass is 414 g/mol. The van der Waals surface area contributed by atoms with Crippen molar-refractivity contribution in [1.29, 1.82) is 0 Å². The van der Waals surface area contributed by atoms with Crippen molar-refractivity contribution in [2.45, 2.75) is 36.7 Å². The van der Waals surface area contributed by atoms with E-state index in [1.165, 1.54) is 0 Å². The molecule has 2 fully saturated rings. The number of carbonyl (C=O) groups is 1. The zero-order valence-electron chi connectivity index (χ0n) is 16.5. The maximum absolute atomic E-state index is 12.9. The molecular weight excluding hydrogens is 388 g/mol. The summed E-state index contributed by atoms with van der Waals surface area (Å²) in [7, 11) is -3.41. The fraction of sp³-hybridized carbons (Fsp3) is 0.409. The molecule has 2 saturated heterocycles. The number of rotatable bonds is 8. The van der Waals surface area contributed by atoms with Gasteiger partial charge in [0.1, 0.15) is 5.75 Å². The van der Waals surface area contributed by atoms with Crippen molar-refractivity contribution in [2.75, 3.05) is 26.2 Å². The number of hydrogen-bond donors (Lipinski definition) is 0. The average Bonchev–Trinajstić information content (AvgIpc) is 3.33. The van der Waals surface area contributed by atoms with Crippen LogP contribution in [0.5, 0.6) is 5.75 Å². The van der Waals surface area contributed by atoms with Crippen LogP contribution in [0.25, 0.3) is 0 Å². The molecule has 4 rings (SSSR count). The number of likely N-dealkylation sites (tertiary alicyclic amines) is 1. The highest BCUT2D eigenvalue weighted by molar-refractivity contribution is 7.89. The summed E-state index contributed by atoms with van der Waals surface area (Å²) in [5, 5.41) is 0. The van der Waals surface area contributed by atoms with Crippen LogP contribution in [-0.2, 0) is 10.0 Å². The molecule has 0 radical (unpaired) electrons. The topological polar surface area (TPSA) is 66.9 Å². The summed E-state index contributed by atoms with van der Waals surface area (Å²) < 4.78 is 33.2. The molecule has 0 saturated carbocycles. The van der Waals surface area contributed by atoms with Crippen molar-refractivity contribution in [2.24, 2.45) is 0 Å². The number of ether oxygens (including phenoxy) is 1. The molecule has 154 valence electrons. The SMILES string of the molecule is CC(=O)c1ccc(OCCCN2C[C@H]3C[C@@H]2CN3S(=O)(=O)c2ccccc2)cc1. The zero-order valence-corrected chi connectivity index (χ0v) is 17.3. The highest BCUT2D eigenvalue weighted by Crippen LogP contribution is 2.34. The van der Waals surface area contributed by atoms with E-state index in [4.69, 9.17) is 4.74 Å². The number of piperazine rings is 1. The molecular formula is C22H26N2O4S. The quantitative estimate of drug-likeness (QED) is 0.491. The Morgan fingerprint density at radius 2 is 1.76 bits per heavy atom. The molecule has 2 atom stereocenters. The van der Waals surface area contributed by atoms with Gasteiger partial charge < -0.3 is 4.74 Å². The van der Waals surface area contributed by atoms with Gasteiger partial charge in [-0.2, -0.15) is 4.31 Å². The van der Waals surface area contributed by atoms with Crippen LogP contribution in [0.1, 0.15) is 30.1 Å². The number of hydrogen-bond acceptors (Lipinski definition) is 5. The summed E-state index contributed by atoms with van der Waals surface area (Å²) in [6.07, 6.45) is 1.78. The molecule has 2 aliphatic heterocycles. The van der Waals surface area contributed by atoms with Crippen molar-refractivity contribution in [3.63, 3.8) is 0 Å². The molecule has 2 aromatic carbocycles. The molecule has 2 heterocycles. The van der Waals surface area contributed by atoms with E-state index in [0.717, 1.165) is 31.7 Å². The van der Waals surface area contributed by atoms with E-state index >= 15 is 0 Å². The summed E-state index contributed by atoms with van der Waals surface area (Å²) in [5.74, 6) is 0.807. The van der Waals surface area contributed by atoms with Crippen molar-refractivity contribution in [3.05, 3.63) is 60.2 Å². The van der Waals surface area contributed by atoms with Crippen LogP contribution in [0.15, 0.2) is 59.5 Å². The van der Waals surface area contributed by atoms with Crippen LogP contribution in [0.4, 0.5) is 0 Å². The lowest BCUT2D eigenvalue weighted by atomic mass is 10.1. The smallest absolute Gasteiger partial charge is 0.243 e. The standard InChI is InChI=1S/C22H26N2O4S/c1-17(25)18-8-10-21(11-9-18)28-13-5-12-23-15-20-14-19(23)16-24(20)29(26,27)22-6-3-2-4-7-22/h2-4,6-11,19-20H,5,12-16H2,1H3/t19-,20-/m1/s1. The van der Waals surface area contributed by atoms with Gasteiger partial charge in [-0.3, -0.25) is 9.69 Å². The zero-order chi connectivity index (χ0) is 20.4. The number of fused-ring (bicyclic) bond motifs is 2. The number of ketones is 1. The summed E-state index contributed by atoms with van der Waals surface area (Å²) in [6, 6.07) is 16.2. The summed E-state index contributed by atoms with van der Waals surface area (Å²) in [6.45, 7) is 4.39. The molecule has 29 heavy (non-hydrogen) atoms. The highest BCUT2D eigenvalue weighted by atomic mass is 32.2. The number of Topliss-reactive ketones (excluding diaryl/α,β-unsaturated/α-hetero) is 1. The minimum Gasteiger partial charge on any atom is -0.494 e. The van der Waals surface area contributed by atoms with Gasteiger partial charge in [-0.15, -0.1) is 0 Å². The first-order valence-corrected chi connectivity index (χ1v) is 11.4. The Kier molecular flexibility index (Phi) is 5.72. The first-order chi connectivity index (χ1) is 13.9. The van der Waals surface area contributed by atoms with Crippen LogP contribution in [0, 0.1) is 0 Å². The molecule has 0 aromatic heterocycles. The minimum atomic E-state index is -3.41. The molecule has 0 aliphatic carbocycles. The van der Waals surface area contributed by atoms with E-state index in [0.29, 0.717) is 23.6 Å². The second kappa shape index (κ2) is 8.26. The third-order valence-corrected chi connectivity index (χ3v) is 7.71. The van der Waals surface area contributed by atoms with E-state index in [1.54, 1.807) is 47.6 Å². The molecule has 0 amide bonds. The molecule has 0 N–H and O–H groups in total. The fourth-order valence-corrected chi connectivity index (χ4v) is 5.94. The molecule has 7 heteroatoms. The van der Waals surface area contributed by atoms with Gasteiger partial charge in [-0.25, -0.2) is 8.42 Å². The van der Waals surface area contributed by atoms with Gasteiger partial charge in [0.05, 0.1) is 11.5 Å². The minimum absolute atomic E-state index is 0.0453. The van der Waals surface area contributed by atoms with Crippen molar-refractivity contribution >= 4 is 15.8 Å². The maximum Gasteiger partial charge on any atom is 0.243 e. The molecule has 0 spiro atoms. The Morgan fingerprint density at radius 1 is 1.03 bits per heavy atom. The predicted molar refractivity (Wildman–Crippen MR) is 111 cm³/mol. The molecule has 2 bridgehead atoms. The van der Waals surface area contributed by atoms with Crippen molar-refractivity contribution in [3.8, 4) is 5.75 Å². The Morgan fingerprint density at radius 3 is 2.38 bits per heavy atom. The summed E-state index contributed by atoms with van der Waals surface area (Å²) in [5.41, 5.74) is 0.681. The van der Waals surface area contributed by atoms with Gasteiger partial charge in [0.25, 0.3) is 0 Å². The van der Waals surface area contributed by atoms with Gasteiger partial charge in [-0.1, -0.05) is 18.2 Å². The van der Waals surface area contributed by atoms with Crippen LogP contribution in [-0.4, -0.2) is 61.7 Å². The average molecular weight is 415 g/mol. The highest BCUT2D eigenvalue weighted by Gasteiger charge is 2.47. The number of nitrogens with zero attached hydrogens (tertiary/aromatic N) is 2. The van der Waals surface area contributed by atoms with E-state index < -0.39 is 10.0 Å². The van der Waals surface area contributed by atoms with Crippen LogP contribution < -0.4 is 4.74 Å². The Balaban J connectivity index is 1.25. The Bertz CT molecular complexity index is 960. The van der Waals surface area contributed by atoms with E-state index in [-0.39, 0.29) is 17.9 Å². The summed E-state index contributed by atoms with van der Waals surface area (Å²) in [4.78, 5) is 14.1. The van der Waals surface area contributed by atoms with Crippen LogP contribution >= 0.6 is 0 Å². The Hall–Kier alpha value is -2.22. The lowest BCUT2D eigenvalue weighted by Gasteiger charge is -2.33. The van der Waals surface area contributed by atoms with E-state index in [1.807, 2.05) is 18.2 Å². The molecule has 2 aromatic rings. The number of sulfonamides is 1. The first kappa shape index (κ1) is 20.1. The fourth-order valence-electron chi connectivity index (χ4n) is 4.25.